The van der Waals surface area contributed by atoms with Crippen LogP contribution in [0.2, 0.25) is 0 Å². The zero-order chi connectivity index (χ0) is 16.4. The smallest absolute Gasteiger partial charge is 0.406 e. The standard InChI is InChI=1S/C12H15F4NO/c1-8(2)17(3)7-9-6-10(4-5-11(9)13)18-12(14,15)16/h4-6,8H,7H2,1-3H3/i3D3. The van der Waals surface area contributed by atoms with Crippen LogP contribution in [0.15, 0.2) is 18.2 Å². The van der Waals surface area contributed by atoms with Crippen LogP contribution < -0.4 is 4.74 Å². The molecule has 102 valence electrons. The molecule has 0 amide bonds. The summed E-state index contributed by atoms with van der Waals surface area (Å²) in [6.45, 7) is 0.358. The van der Waals surface area contributed by atoms with Crippen molar-refractivity contribution >= 4 is 0 Å². The molecule has 0 atom stereocenters. The molecule has 6 heteroatoms. The average Bonchev–Trinajstić information content (AvgIpc) is 2.25. The maximum absolute atomic E-state index is 13.7. The molecule has 0 aromatic heterocycles. The normalized spacial score (nSPS) is 15.4. The molecule has 0 unspecified atom stereocenters. The molecule has 1 aromatic carbocycles. The Hall–Kier alpha value is -1.30. The van der Waals surface area contributed by atoms with Crippen molar-refractivity contribution < 1.29 is 26.4 Å². The van der Waals surface area contributed by atoms with Gasteiger partial charge < -0.3 is 4.74 Å². The number of hydrogen-bond donors (Lipinski definition) is 0. The van der Waals surface area contributed by atoms with E-state index in [0.29, 0.717) is 0 Å². The zero-order valence-corrected chi connectivity index (χ0v) is 9.88. The van der Waals surface area contributed by atoms with Gasteiger partial charge in [0.25, 0.3) is 0 Å². The summed E-state index contributed by atoms with van der Waals surface area (Å²) < 4.78 is 75.9. The number of halogens is 4. The summed E-state index contributed by atoms with van der Waals surface area (Å²) in [6.07, 6.45) is -4.89. The summed E-state index contributed by atoms with van der Waals surface area (Å²) in [7, 11) is 0. The first-order valence-electron chi connectivity index (χ1n) is 6.71. The second kappa shape index (κ2) is 5.56. The Labute approximate surface area is 107 Å². The molecule has 0 heterocycles. The highest BCUT2D eigenvalue weighted by atomic mass is 19.4. The number of benzene rings is 1. The molecule has 0 fully saturated rings. The van der Waals surface area contributed by atoms with Crippen molar-refractivity contribution in [1.82, 2.24) is 4.90 Å². The molecule has 0 saturated heterocycles. The SMILES string of the molecule is [2H]C([2H])([2H])N(Cc1cc(OC(F)(F)F)ccc1F)C(C)C. The van der Waals surface area contributed by atoms with Crippen LogP contribution >= 0.6 is 0 Å². The number of ether oxygens (including phenoxy) is 1. The molecule has 0 aliphatic rings. The van der Waals surface area contributed by atoms with Gasteiger partial charge in [-0.2, -0.15) is 0 Å². The van der Waals surface area contributed by atoms with Crippen LogP contribution in [0.1, 0.15) is 23.5 Å². The second-order valence-electron chi connectivity index (χ2n) is 4.02. The molecule has 0 saturated carbocycles. The van der Waals surface area contributed by atoms with E-state index in [-0.39, 0.29) is 12.1 Å². The molecule has 0 aliphatic carbocycles. The fraction of sp³-hybridized carbons (Fsp3) is 0.500. The molecule has 1 aromatic rings. The maximum atomic E-state index is 13.7. The minimum Gasteiger partial charge on any atom is -0.406 e. The van der Waals surface area contributed by atoms with Crippen LogP contribution in [0.3, 0.4) is 0 Å². The summed E-state index contributed by atoms with van der Waals surface area (Å²) in [4.78, 5) is 1.00. The predicted octanol–water partition coefficient (Wildman–Crippen LogP) is 3.56. The van der Waals surface area contributed by atoms with Crippen molar-refractivity contribution in [3.63, 3.8) is 0 Å². The van der Waals surface area contributed by atoms with Gasteiger partial charge in [-0.15, -0.1) is 13.2 Å². The Bertz CT molecular complexity index is 488. The second-order valence-corrected chi connectivity index (χ2v) is 4.02. The quantitative estimate of drug-likeness (QED) is 0.774. The lowest BCUT2D eigenvalue weighted by atomic mass is 10.1. The van der Waals surface area contributed by atoms with Crippen LogP contribution in [0.5, 0.6) is 5.75 Å². The van der Waals surface area contributed by atoms with Crippen LogP contribution in [0.4, 0.5) is 17.6 Å². The number of hydrogen-bond acceptors (Lipinski definition) is 2. The van der Waals surface area contributed by atoms with Gasteiger partial charge in [0.2, 0.25) is 0 Å². The summed E-state index contributed by atoms with van der Waals surface area (Å²) >= 11 is 0. The fourth-order valence-corrected chi connectivity index (χ4v) is 1.24. The van der Waals surface area contributed by atoms with E-state index in [9.17, 15) is 17.6 Å². The molecule has 0 bridgehead atoms. The van der Waals surface area contributed by atoms with Gasteiger partial charge >= 0.3 is 6.36 Å². The molecular formula is C12H15F4NO. The number of rotatable bonds is 4. The predicted molar refractivity (Wildman–Crippen MR) is 59.7 cm³/mol. The first-order chi connectivity index (χ1) is 9.40. The highest BCUT2D eigenvalue weighted by molar-refractivity contribution is 5.30. The van der Waals surface area contributed by atoms with Crippen molar-refractivity contribution in [1.29, 1.82) is 0 Å². The Kier molecular flexibility index (Phi) is 3.28. The number of nitrogens with zero attached hydrogens (tertiary/aromatic N) is 1. The first kappa shape index (κ1) is 10.6. The first-order valence-corrected chi connectivity index (χ1v) is 5.21. The molecule has 2 nitrogen and oxygen atoms in total. The van der Waals surface area contributed by atoms with Gasteiger partial charge in [-0.05, 0) is 39.0 Å². The Morgan fingerprint density at radius 1 is 1.39 bits per heavy atom. The third kappa shape index (κ3) is 4.52. The Morgan fingerprint density at radius 2 is 2.06 bits per heavy atom. The van der Waals surface area contributed by atoms with Gasteiger partial charge in [0, 0.05) is 22.3 Å². The van der Waals surface area contributed by atoms with E-state index in [1.807, 2.05) is 0 Å². The van der Waals surface area contributed by atoms with Gasteiger partial charge in [0.1, 0.15) is 11.6 Å². The minimum atomic E-state index is -4.89. The van der Waals surface area contributed by atoms with Crippen molar-refractivity contribution in [2.24, 2.45) is 0 Å². The number of alkyl halides is 3. The fourth-order valence-electron chi connectivity index (χ4n) is 1.24. The molecular weight excluding hydrogens is 250 g/mol. The maximum Gasteiger partial charge on any atom is 0.573 e. The monoisotopic (exact) mass is 268 g/mol. The Morgan fingerprint density at radius 3 is 2.56 bits per heavy atom. The summed E-state index contributed by atoms with van der Waals surface area (Å²) in [5.74, 6) is -1.38. The highest BCUT2D eigenvalue weighted by Crippen LogP contribution is 2.25. The Balaban J connectivity index is 3.04. The van der Waals surface area contributed by atoms with Crippen LogP contribution in [-0.4, -0.2) is 24.3 Å². The van der Waals surface area contributed by atoms with E-state index in [1.165, 1.54) is 0 Å². The largest absolute Gasteiger partial charge is 0.573 e. The third-order valence-corrected chi connectivity index (χ3v) is 2.21. The van der Waals surface area contributed by atoms with Crippen molar-refractivity contribution in [2.75, 3.05) is 6.98 Å². The van der Waals surface area contributed by atoms with Crippen molar-refractivity contribution in [3.8, 4) is 5.75 Å². The van der Waals surface area contributed by atoms with E-state index in [1.54, 1.807) is 13.8 Å². The van der Waals surface area contributed by atoms with E-state index in [2.05, 4.69) is 4.74 Å². The van der Waals surface area contributed by atoms with E-state index in [4.69, 9.17) is 4.11 Å². The van der Waals surface area contributed by atoms with Crippen molar-refractivity contribution in [3.05, 3.63) is 29.6 Å². The van der Waals surface area contributed by atoms with Crippen LogP contribution in [0, 0.1) is 5.82 Å². The van der Waals surface area contributed by atoms with Crippen LogP contribution in [-0.2, 0) is 6.54 Å². The molecule has 0 radical (unpaired) electrons. The van der Waals surface area contributed by atoms with E-state index >= 15 is 0 Å². The molecule has 18 heavy (non-hydrogen) atoms. The minimum absolute atomic E-state index is 0.179. The van der Waals surface area contributed by atoms with Gasteiger partial charge in [-0.1, -0.05) is 0 Å². The van der Waals surface area contributed by atoms with Crippen molar-refractivity contribution in [2.45, 2.75) is 32.8 Å². The molecule has 0 spiro atoms. The summed E-state index contributed by atoms with van der Waals surface area (Å²) in [5.41, 5.74) is -0.179. The topological polar surface area (TPSA) is 12.5 Å². The zero-order valence-electron chi connectivity index (χ0n) is 12.9. The third-order valence-electron chi connectivity index (χ3n) is 2.21. The lowest BCUT2D eigenvalue weighted by Crippen LogP contribution is -2.26. The lowest BCUT2D eigenvalue weighted by Gasteiger charge is -2.21. The van der Waals surface area contributed by atoms with E-state index in [0.717, 1.165) is 23.1 Å². The molecule has 0 aliphatic heterocycles. The highest BCUT2D eigenvalue weighted by Gasteiger charge is 2.31. The van der Waals surface area contributed by atoms with Crippen LogP contribution in [0.25, 0.3) is 0 Å². The van der Waals surface area contributed by atoms with Gasteiger partial charge in [-0.3, -0.25) is 4.90 Å². The molecule has 0 N–H and O–H groups in total. The van der Waals surface area contributed by atoms with Gasteiger partial charge in [0.15, 0.2) is 0 Å². The lowest BCUT2D eigenvalue weighted by molar-refractivity contribution is -0.274. The van der Waals surface area contributed by atoms with Gasteiger partial charge in [0.05, 0.1) is 0 Å². The summed E-state index contributed by atoms with van der Waals surface area (Å²) in [5, 5.41) is 0. The van der Waals surface area contributed by atoms with E-state index < -0.39 is 30.9 Å². The van der Waals surface area contributed by atoms with Gasteiger partial charge in [-0.25, -0.2) is 4.39 Å². The average molecular weight is 268 g/mol. The molecule has 1 rings (SSSR count). The summed E-state index contributed by atoms with van der Waals surface area (Å²) in [6, 6.07) is 2.06.